The summed E-state index contributed by atoms with van der Waals surface area (Å²) < 4.78 is 6.02. The van der Waals surface area contributed by atoms with Crippen molar-refractivity contribution in [2.45, 2.75) is 38.5 Å². The summed E-state index contributed by atoms with van der Waals surface area (Å²) in [5.74, 6) is -0.889. The third kappa shape index (κ3) is 2.00. The number of carbonyl (C=O) groups is 3. The molecule has 0 bridgehead atoms. The van der Waals surface area contributed by atoms with Crippen LogP contribution in [0.15, 0.2) is 24.3 Å². The second-order valence-electron chi connectivity index (χ2n) is 7.54. The number of nitrogens with zero attached hydrogens (tertiary/aromatic N) is 3. The molecule has 3 atom stereocenters. The van der Waals surface area contributed by atoms with Gasteiger partial charge in [0.1, 0.15) is 0 Å². The van der Waals surface area contributed by atoms with Crippen molar-refractivity contribution in [1.82, 2.24) is 9.80 Å². The van der Waals surface area contributed by atoms with Gasteiger partial charge in [-0.05, 0) is 31.9 Å². The van der Waals surface area contributed by atoms with Gasteiger partial charge in [-0.2, -0.15) is 0 Å². The number of urea groups is 1. The molecule has 0 aromatic heterocycles. The van der Waals surface area contributed by atoms with E-state index in [1.54, 1.807) is 0 Å². The molecule has 2 fully saturated rings. The molecule has 7 heteroatoms. The summed E-state index contributed by atoms with van der Waals surface area (Å²) in [6.45, 7) is 4.48. The predicted molar refractivity (Wildman–Crippen MR) is 94.7 cm³/mol. The molecule has 2 saturated heterocycles. The molecule has 1 aromatic rings. The van der Waals surface area contributed by atoms with Gasteiger partial charge < -0.3 is 9.64 Å². The molecule has 3 heterocycles. The molecule has 0 N–H and O–H groups in total. The summed E-state index contributed by atoms with van der Waals surface area (Å²) in [7, 11) is 2.88. The number of anilines is 1. The SMILES string of the molecule is C[C@@H]1CN2c3ccccc3CC3(C(=O)N(C)C(=O)N(C)C3=O)[C@@H]2[C@@H](C)O1. The van der Waals surface area contributed by atoms with Crippen molar-refractivity contribution in [3.8, 4) is 0 Å². The molecular formula is C19H23N3O4. The highest BCUT2D eigenvalue weighted by Crippen LogP contribution is 2.48. The maximum absolute atomic E-state index is 13.3. The van der Waals surface area contributed by atoms with Crippen molar-refractivity contribution < 1.29 is 19.1 Å². The minimum absolute atomic E-state index is 0.0182. The standard InChI is InChI=1S/C19H23N3O4/c1-11-10-22-14-8-6-5-7-13(14)9-19(15(22)12(2)26-11)16(23)20(3)18(25)21(4)17(19)24/h5-8,11-12,15H,9-10H2,1-4H3/t11-,12-,15+/m1/s1. The average Bonchev–Trinajstić information content (AvgIpc) is 2.62. The number of para-hydroxylation sites is 1. The van der Waals surface area contributed by atoms with Crippen molar-refractivity contribution in [2.75, 3.05) is 25.5 Å². The Morgan fingerprint density at radius 1 is 1.04 bits per heavy atom. The molecule has 0 saturated carbocycles. The number of rotatable bonds is 0. The van der Waals surface area contributed by atoms with Crippen LogP contribution in [0.4, 0.5) is 10.5 Å². The molecule has 3 aliphatic rings. The smallest absolute Gasteiger partial charge is 0.332 e. The lowest BCUT2D eigenvalue weighted by atomic mass is 9.66. The van der Waals surface area contributed by atoms with Gasteiger partial charge in [0.25, 0.3) is 0 Å². The number of carbonyl (C=O) groups excluding carboxylic acids is 3. The maximum Gasteiger partial charge on any atom is 0.332 e. The Morgan fingerprint density at radius 2 is 1.65 bits per heavy atom. The van der Waals surface area contributed by atoms with Crippen molar-refractivity contribution in [3.05, 3.63) is 29.8 Å². The second-order valence-corrected chi connectivity index (χ2v) is 7.54. The first-order valence-corrected chi connectivity index (χ1v) is 8.89. The van der Waals surface area contributed by atoms with Crippen LogP contribution in [-0.2, 0) is 20.7 Å². The normalized spacial score (nSPS) is 30.5. The number of ether oxygens (including phenoxy) is 1. The molecule has 26 heavy (non-hydrogen) atoms. The first-order valence-electron chi connectivity index (χ1n) is 8.89. The zero-order chi connectivity index (χ0) is 18.8. The first-order chi connectivity index (χ1) is 12.3. The van der Waals surface area contributed by atoms with E-state index in [1.165, 1.54) is 14.1 Å². The molecule has 1 spiro atoms. The van der Waals surface area contributed by atoms with Crippen LogP contribution in [0, 0.1) is 5.41 Å². The fourth-order valence-electron chi connectivity index (χ4n) is 4.88. The molecule has 138 valence electrons. The number of amides is 4. The highest BCUT2D eigenvalue weighted by Gasteiger charge is 2.65. The Hall–Kier alpha value is -2.41. The van der Waals surface area contributed by atoms with Crippen LogP contribution < -0.4 is 4.90 Å². The fourth-order valence-corrected chi connectivity index (χ4v) is 4.88. The Balaban J connectivity index is 1.94. The highest BCUT2D eigenvalue weighted by molar-refractivity contribution is 6.20. The predicted octanol–water partition coefficient (Wildman–Crippen LogP) is 1.26. The number of hydrogen-bond donors (Lipinski definition) is 0. The van der Waals surface area contributed by atoms with E-state index in [2.05, 4.69) is 4.90 Å². The topological polar surface area (TPSA) is 70.2 Å². The molecule has 0 radical (unpaired) electrons. The number of hydrogen-bond acceptors (Lipinski definition) is 5. The monoisotopic (exact) mass is 357 g/mol. The summed E-state index contributed by atoms with van der Waals surface area (Å²) in [6, 6.07) is 6.81. The maximum atomic E-state index is 13.3. The van der Waals surface area contributed by atoms with Crippen LogP contribution in [0.2, 0.25) is 0 Å². The molecule has 4 rings (SSSR count). The van der Waals surface area contributed by atoms with Crippen LogP contribution in [0.1, 0.15) is 19.4 Å². The third-order valence-corrected chi connectivity index (χ3v) is 5.90. The van der Waals surface area contributed by atoms with Crippen molar-refractivity contribution >= 4 is 23.5 Å². The molecule has 0 unspecified atom stereocenters. The molecule has 4 amide bonds. The lowest BCUT2D eigenvalue weighted by Gasteiger charge is -2.57. The Kier molecular flexibility index (Phi) is 3.63. The summed E-state index contributed by atoms with van der Waals surface area (Å²) in [5.41, 5.74) is 0.626. The van der Waals surface area contributed by atoms with Crippen LogP contribution in [-0.4, -0.2) is 66.5 Å². The van der Waals surface area contributed by atoms with Gasteiger partial charge in [-0.3, -0.25) is 19.4 Å². The largest absolute Gasteiger partial charge is 0.372 e. The molecule has 0 aliphatic carbocycles. The summed E-state index contributed by atoms with van der Waals surface area (Å²) in [4.78, 5) is 43.2. The first kappa shape index (κ1) is 17.0. The van der Waals surface area contributed by atoms with E-state index in [-0.39, 0.29) is 18.6 Å². The third-order valence-electron chi connectivity index (χ3n) is 5.90. The van der Waals surface area contributed by atoms with Gasteiger partial charge in [-0.15, -0.1) is 0 Å². The Morgan fingerprint density at radius 3 is 2.31 bits per heavy atom. The highest BCUT2D eigenvalue weighted by atomic mass is 16.5. The van der Waals surface area contributed by atoms with E-state index in [0.29, 0.717) is 6.54 Å². The van der Waals surface area contributed by atoms with E-state index in [0.717, 1.165) is 21.1 Å². The van der Waals surface area contributed by atoms with E-state index < -0.39 is 29.3 Å². The average molecular weight is 357 g/mol. The quantitative estimate of drug-likeness (QED) is 0.654. The minimum atomic E-state index is -1.36. The number of morpholine rings is 1. The van der Waals surface area contributed by atoms with Gasteiger partial charge in [-0.25, -0.2) is 4.79 Å². The fraction of sp³-hybridized carbons (Fsp3) is 0.526. The number of benzene rings is 1. The van der Waals surface area contributed by atoms with E-state index >= 15 is 0 Å². The lowest BCUT2D eigenvalue weighted by molar-refractivity contribution is -0.166. The van der Waals surface area contributed by atoms with Crippen molar-refractivity contribution in [2.24, 2.45) is 5.41 Å². The van der Waals surface area contributed by atoms with Crippen molar-refractivity contribution in [3.63, 3.8) is 0 Å². The van der Waals surface area contributed by atoms with Gasteiger partial charge in [-0.1, -0.05) is 18.2 Å². The lowest BCUT2D eigenvalue weighted by Crippen LogP contribution is -2.75. The summed E-state index contributed by atoms with van der Waals surface area (Å²) in [6.07, 6.45) is -0.0724. The number of fused-ring (bicyclic) bond motifs is 4. The van der Waals surface area contributed by atoms with E-state index in [4.69, 9.17) is 4.74 Å². The van der Waals surface area contributed by atoms with Crippen LogP contribution in [0.25, 0.3) is 0 Å². The number of imide groups is 2. The Labute approximate surface area is 152 Å². The van der Waals surface area contributed by atoms with Crippen LogP contribution >= 0.6 is 0 Å². The minimum Gasteiger partial charge on any atom is -0.372 e. The van der Waals surface area contributed by atoms with E-state index in [1.807, 2.05) is 38.1 Å². The van der Waals surface area contributed by atoms with Gasteiger partial charge in [0.05, 0.1) is 18.2 Å². The van der Waals surface area contributed by atoms with Crippen LogP contribution in [0.3, 0.4) is 0 Å². The molecule has 7 nitrogen and oxygen atoms in total. The number of barbiturate groups is 1. The molecule has 3 aliphatic heterocycles. The van der Waals surface area contributed by atoms with Gasteiger partial charge in [0.2, 0.25) is 11.8 Å². The van der Waals surface area contributed by atoms with Gasteiger partial charge in [0, 0.05) is 26.3 Å². The van der Waals surface area contributed by atoms with E-state index in [9.17, 15) is 14.4 Å². The van der Waals surface area contributed by atoms with Gasteiger partial charge >= 0.3 is 6.03 Å². The second kappa shape index (κ2) is 5.54. The van der Waals surface area contributed by atoms with Crippen LogP contribution in [0.5, 0.6) is 0 Å². The molecule has 1 aromatic carbocycles. The summed E-state index contributed by atoms with van der Waals surface area (Å²) in [5, 5.41) is 0. The summed E-state index contributed by atoms with van der Waals surface area (Å²) >= 11 is 0. The van der Waals surface area contributed by atoms with Crippen molar-refractivity contribution in [1.29, 1.82) is 0 Å². The zero-order valence-corrected chi connectivity index (χ0v) is 15.4. The molecular weight excluding hydrogens is 334 g/mol. The van der Waals surface area contributed by atoms with Gasteiger partial charge in [0.15, 0.2) is 5.41 Å². The Bertz CT molecular complexity index is 784. The zero-order valence-electron chi connectivity index (χ0n) is 15.4.